The van der Waals surface area contributed by atoms with E-state index in [-0.39, 0.29) is 12.8 Å². The Balaban J connectivity index is 0.00000176. The van der Waals surface area contributed by atoms with Gasteiger partial charge in [-0.15, -0.1) is 0 Å². The largest absolute Gasteiger partial charge is 0.398 e. The van der Waals surface area contributed by atoms with Crippen LogP contribution in [0.4, 0.5) is 0 Å². The molecule has 1 atom stereocenters. The van der Waals surface area contributed by atoms with Crippen molar-refractivity contribution in [3.63, 3.8) is 0 Å². The van der Waals surface area contributed by atoms with Crippen LogP contribution in [0.3, 0.4) is 0 Å². The summed E-state index contributed by atoms with van der Waals surface area (Å²) in [7, 11) is 0. The van der Waals surface area contributed by atoms with Crippen LogP contribution in [0.1, 0.15) is 46.2 Å². The Bertz CT molecular complexity index is 763. The molecule has 0 fully saturated rings. The van der Waals surface area contributed by atoms with Gasteiger partial charge in [0.1, 0.15) is 0 Å². The molecule has 0 radical (unpaired) electrons. The summed E-state index contributed by atoms with van der Waals surface area (Å²) in [5.74, 6) is 0.459. The zero-order valence-corrected chi connectivity index (χ0v) is 13.3. The highest BCUT2D eigenvalue weighted by Crippen LogP contribution is 2.41. The second-order valence-corrected chi connectivity index (χ2v) is 6.68. The lowest BCUT2D eigenvalue weighted by atomic mass is 9.70. The summed E-state index contributed by atoms with van der Waals surface area (Å²) in [6, 6.07) is 13.0. The van der Waals surface area contributed by atoms with Crippen LogP contribution in [0.5, 0.6) is 0 Å². The first kappa shape index (κ1) is 16.4. The molecule has 0 heterocycles. The van der Waals surface area contributed by atoms with E-state index < -0.39 is 0 Å². The predicted molar refractivity (Wildman–Crippen MR) is 98.8 cm³/mol. The molecule has 0 saturated carbocycles. The van der Waals surface area contributed by atoms with Crippen LogP contribution in [0.15, 0.2) is 54.1 Å². The zero-order chi connectivity index (χ0) is 15.2. The molecule has 1 nitrogen and oxygen atoms in total. The summed E-state index contributed by atoms with van der Waals surface area (Å²) < 4.78 is 0. The van der Waals surface area contributed by atoms with E-state index >= 15 is 0 Å². The van der Waals surface area contributed by atoms with Crippen LogP contribution in [-0.4, -0.2) is 0 Å². The zero-order valence-electron chi connectivity index (χ0n) is 13.3. The summed E-state index contributed by atoms with van der Waals surface area (Å²) in [4.78, 5) is 0. The molecule has 3 rings (SSSR count). The molecule has 1 aliphatic rings. The maximum absolute atomic E-state index is 6.52. The molecule has 1 heteroatoms. The van der Waals surface area contributed by atoms with Crippen molar-refractivity contribution in [2.24, 2.45) is 11.7 Å². The maximum atomic E-state index is 6.52. The van der Waals surface area contributed by atoms with Gasteiger partial charge in [-0.25, -0.2) is 0 Å². The van der Waals surface area contributed by atoms with Crippen molar-refractivity contribution in [1.29, 1.82) is 0 Å². The Morgan fingerprint density at radius 3 is 2.45 bits per heavy atom. The van der Waals surface area contributed by atoms with Gasteiger partial charge in [0.15, 0.2) is 0 Å². The lowest BCUT2D eigenvalue weighted by molar-refractivity contribution is 0.408. The fourth-order valence-corrected chi connectivity index (χ4v) is 3.16. The molecule has 2 aromatic rings. The number of nitrogens with two attached hydrogens (primary N) is 1. The molecule has 0 amide bonds. The Morgan fingerprint density at radius 2 is 1.73 bits per heavy atom. The highest BCUT2D eigenvalue weighted by molar-refractivity contribution is 5.96. The van der Waals surface area contributed by atoms with Crippen molar-refractivity contribution in [2.45, 2.75) is 40.5 Å². The molecule has 2 aromatic carbocycles. The molecular formula is C21H27N. The molecule has 0 aromatic heterocycles. The second-order valence-electron chi connectivity index (χ2n) is 6.68. The first-order valence-corrected chi connectivity index (χ1v) is 7.60. The van der Waals surface area contributed by atoms with Crippen molar-refractivity contribution < 1.29 is 0 Å². The molecule has 2 N–H and O–H groups in total. The highest BCUT2D eigenvalue weighted by Gasteiger charge is 2.31. The average Bonchev–Trinajstić information content (AvgIpc) is 2.49. The van der Waals surface area contributed by atoms with E-state index in [0.717, 1.165) is 11.3 Å². The number of benzene rings is 2. The van der Waals surface area contributed by atoms with Gasteiger partial charge in [0.2, 0.25) is 0 Å². The summed E-state index contributed by atoms with van der Waals surface area (Å²) in [5.41, 5.74) is 11.2. The van der Waals surface area contributed by atoms with Gasteiger partial charge < -0.3 is 5.73 Å². The number of hydrogen-bond acceptors (Lipinski definition) is 1. The van der Waals surface area contributed by atoms with E-state index in [4.69, 9.17) is 5.73 Å². The van der Waals surface area contributed by atoms with Gasteiger partial charge in [0, 0.05) is 11.3 Å². The topological polar surface area (TPSA) is 26.0 Å². The van der Waals surface area contributed by atoms with Crippen molar-refractivity contribution in [3.8, 4) is 0 Å². The van der Waals surface area contributed by atoms with Crippen LogP contribution < -0.4 is 5.73 Å². The maximum Gasteiger partial charge on any atom is 0.0426 e. The van der Waals surface area contributed by atoms with Gasteiger partial charge in [-0.05, 0) is 40.2 Å². The average molecular weight is 293 g/mol. The van der Waals surface area contributed by atoms with Crippen LogP contribution in [-0.2, 0) is 5.41 Å². The number of hydrogen-bond donors (Lipinski definition) is 1. The molecule has 0 aliphatic heterocycles. The monoisotopic (exact) mass is 293 g/mol. The summed E-state index contributed by atoms with van der Waals surface area (Å²) in [6.45, 7) is 9.00. The van der Waals surface area contributed by atoms with Crippen molar-refractivity contribution in [3.05, 3.63) is 65.3 Å². The van der Waals surface area contributed by atoms with Crippen LogP contribution in [0, 0.1) is 5.92 Å². The lowest BCUT2D eigenvalue weighted by Crippen LogP contribution is -2.28. The predicted octanol–water partition coefficient (Wildman–Crippen LogP) is 5.65. The van der Waals surface area contributed by atoms with Crippen molar-refractivity contribution in [2.75, 3.05) is 0 Å². The minimum absolute atomic E-state index is 0. The van der Waals surface area contributed by atoms with Gasteiger partial charge in [0.25, 0.3) is 0 Å². The van der Waals surface area contributed by atoms with Gasteiger partial charge in [0.05, 0.1) is 0 Å². The third kappa shape index (κ3) is 2.35. The van der Waals surface area contributed by atoms with Gasteiger partial charge in [-0.1, -0.05) is 76.7 Å². The summed E-state index contributed by atoms with van der Waals surface area (Å²) in [5, 5.41) is 2.50. The van der Waals surface area contributed by atoms with Gasteiger partial charge in [-0.2, -0.15) is 0 Å². The molecule has 0 saturated heterocycles. The fourth-order valence-electron chi connectivity index (χ4n) is 3.16. The van der Waals surface area contributed by atoms with E-state index in [1.807, 2.05) is 0 Å². The molecule has 116 valence electrons. The number of rotatable bonds is 0. The summed E-state index contributed by atoms with van der Waals surface area (Å²) in [6.07, 6.45) is 4.45. The fraction of sp³-hybridized carbons (Fsp3) is 0.333. The minimum atomic E-state index is 0. The molecule has 0 bridgehead atoms. The van der Waals surface area contributed by atoms with E-state index in [1.54, 1.807) is 0 Å². The first-order chi connectivity index (χ1) is 9.93. The quantitative estimate of drug-likeness (QED) is 0.667. The standard InChI is InChI=1S/C20H23N.CH4/c1-13-9-10-14(2)20(3,4)17-12-11-15-7-5-6-8-16(15)18(17)19(13)21;/h5-12,14H,21H2,1-4H3;1H4/b10-9-,19-13-;. The molecule has 0 spiro atoms. The van der Waals surface area contributed by atoms with E-state index in [9.17, 15) is 0 Å². The van der Waals surface area contributed by atoms with Crippen LogP contribution in [0.25, 0.3) is 16.5 Å². The Kier molecular flexibility index (Phi) is 4.19. The molecule has 1 aliphatic carbocycles. The van der Waals surface area contributed by atoms with Crippen molar-refractivity contribution in [1.82, 2.24) is 0 Å². The molecule has 22 heavy (non-hydrogen) atoms. The normalized spacial score (nSPS) is 24.8. The van der Waals surface area contributed by atoms with E-state index in [1.165, 1.54) is 21.9 Å². The smallest absolute Gasteiger partial charge is 0.0426 e. The number of allylic oxidation sites excluding steroid dienone is 3. The molecule has 1 unspecified atom stereocenters. The lowest BCUT2D eigenvalue weighted by Gasteiger charge is -2.35. The third-order valence-electron chi connectivity index (χ3n) is 5.09. The third-order valence-corrected chi connectivity index (χ3v) is 5.09. The van der Waals surface area contributed by atoms with E-state index in [2.05, 4.69) is 76.2 Å². The highest BCUT2D eigenvalue weighted by atomic mass is 14.6. The molecular weight excluding hydrogens is 266 g/mol. The van der Waals surface area contributed by atoms with Gasteiger partial charge >= 0.3 is 0 Å². The van der Waals surface area contributed by atoms with Crippen LogP contribution >= 0.6 is 0 Å². The van der Waals surface area contributed by atoms with Crippen LogP contribution in [0.2, 0.25) is 0 Å². The number of fused-ring (bicyclic) bond motifs is 3. The van der Waals surface area contributed by atoms with Gasteiger partial charge in [-0.3, -0.25) is 0 Å². The summed E-state index contributed by atoms with van der Waals surface area (Å²) >= 11 is 0. The Hall–Kier alpha value is -2.02. The Labute approximate surface area is 134 Å². The van der Waals surface area contributed by atoms with E-state index in [0.29, 0.717) is 5.92 Å². The Morgan fingerprint density at radius 1 is 1.05 bits per heavy atom. The SMILES string of the molecule is C.CC1=C(/N)c2c(ccc3ccccc23)C(C)(C)C(C)/C=C\1. The first-order valence-electron chi connectivity index (χ1n) is 7.60. The minimum Gasteiger partial charge on any atom is -0.398 e. The second kappa shape index (κ2) is 5.64. The van der Waals surface area contributed by atoms with Crippen molar-refractivity contribution >= 4 is 16.5 Å².